The fourth-order valence-electron chi connectivity index (χ4n) is 4.20. The average molecular weight is 314 g/mol. The van der Waals surface area contributed by atoms with Gasteiger partial charge in [-0.3, -0.25) is 4.90 Å². The Morgan fingerprint density at radius 2 is 2.17 bits per heavy atom. The van der Waals surface area contributed by atoms with Gasteiger partial charge >= 0.3 is 6.09 Å². The Morgan fingerprint density at radius 3 is 2.87 bits per heavy atom. The lowest BCUT2D eigenvalue weighted by Crippen LogP contribution is -2.55. The third-order valence-electron chi connectivity index (χ3n) is 5.96. The van der Waals surface area contributed by atoms with Crippen molar-refractivity contribution in [1.82, 2.24) is 9.88 Å². The molecule has 0 saturated carbocycles. The lowest BCUT2D eigenvalue weighted by molar-refractivity contribution is -0.00297. The molecule has 1 fully saturated rings. The lowest BCUT2D eigenvalue weighted by atomic mass is 9.74. The number of fused-ring (bicyclic) bond motifs is 5. The number of aromatic amines is 1. The van der Waals surface area contributed by atoms with Crippen molar-refractivity contribution in [3.8, 4) is 5.75 Å². The van der Waals surface area contributed by atoms with Crippen LogP contribution >= 0.6 is 0 Å². The van der Waals surface area contributed by atoms with E-state index < -0.39 is 11.1 Å². The number of methoxy groups -OCH3 is 1. The number of benzene rings is 1. The topological polar surface area (TPSA) is 54.6 Å². The smallest absolute Gasteiger partial charge is 0.411 e. The van der Waals surface area contributed by atoms with E-state index >= 15 is 0 Å². The molecule has 0 radical (unpaired) electrons. The van der Waals surface area contributed by atoms with Crippen LogP contribution in [0.4, 0.5) is 4.79 Å². The van der Waals surface area contributed by atoms with E-state index in [2.05, 4.69) is 24.9 Å². The molecule has 122 valence electrons. The molecule has 0 bridgehead atoms. The molecule has 1 amide bonds. The third-order valence-corrected chi connectivity index (χ3v) is 5.96. The van der Waals surface area contributed by atoms with Gasteiger partial charge in [-0.05, 0) is 50.5 Å². The van der Waals surface area contributed by atoms with Gasteiger partial charge in [-0.25, -0.2) is 4.79 Å². The van der Waals surface area contributed by atoms with Crippen LogP contribution in [0, 0.1) is 0 Å². The van der Waals surface area contributed by atoms with Crippen LogP contribution in [0.1, 0.15) is 38.4 Å². The molecule has 2 aromatic rings. The number of aromatic nitrogens is 1. The van der Waals surface area contributed by atoms with Gasteiger partial charge in [0.2, 0.25) is 0 Å². The van der Waals surface area contributed by atoms with E-state index in [0.29, 0.717) is 6.54 Å². The summed E-state index contributed by atoms with van der Waals surface area (Å²) in [6.45, 7) is 6.90. The number of carbonyl (C=O) groups excluding carboxylic acids is 1. The summed E-state index contributed by atoms with van der Waals surface area (Å²) >= 11 is 0. The minimum Gasteiger partial charge on any atom is -0.497 e. The molecule has 4 rings (SSSR count). The van der Waals surface area contributed by atoms with Gasteiger partial charge in [-0.15, -0.1) is 0 Å². The first kappa shape index (κ1) is 14.4. The predicted molar refractivity (Wildman–Crippen MR) is 87.8 cm³/mol. The van der Waals surface area contributed by atoms with E-state index in [-0.39, 0.29) is 6.09 Å². The number of cyclic esters (lactones) is 1. The number of carbonyl (C=O) groups is 1. The molecule has 1 aromatic heterocycles. The summed E-state index contributed by atoms with van der Waals surface area (Å²) in [6.07, 6.45) is 1.38. The normalized spacial score (nSPS) is 29.4. The van der Waals surface area contributed by atoms with Crippen molar-refractivity contribution in [2.45, 2.75) is 44.8 Å². The Hall–Kier alpha value is -2.17. The molecule has 0 aliphatic carbocycles. The standard InChI is InChI=1S/C18H22N2O3/c1-5-17(2)18(3)15-12(8-9-20(18)16(21)23-17)13-10-11(22-4)6-7-14(13)19-15/h6-7,10,19H,5,8-9H2,1-4H3/t17-,18+/m1/s1. The first-order valence-corrected chi connectivity index (χ1v) is 8.14. The first-order chi connectivity index (χ1) is 10.9. The zero-order chi connectivity index (χ0) is 16.4. The van der Waals surface area contributed by atoms with Crippen LogP contribution in [-0.4, -0.2) is 35.2 Å². The van der Waals surface area contributed by atoms with Crippen LogP contribution in [0.3, 0.4) is 0 Å². The second kappa shape index (κ2) is 4.43. The average Bonchev–Trinajstić information content (AvgIpc) is 3.02. The minimum atomic E-state index is -0.537. The Morgan fingerprint density at radius 1 is 1.39 bits per heavy atom. The number of H-pyrrole nitrogens is 1. The fraction of sp³-hybridized carbons (Fsp3) is 0.500. The Kier molecular flexibility index (Phi) is 2.78. The van der Waals surface area contributed by atoms with E-state index in [1.807, 2.05) is 24.0 Å². The molecular weight excluding hydrogens is 292 g/mol. The van der Waals surface area contributed by atoms with Crippen LogP contribution < -0.4 is 4.74 Å². The Labute approximate surface area is 135 Å². The van der Waals surface area contributed by atoms with Crippen molar-refractivity contribution in [3.05, 3.63) is 29.5 Å². The van der Waals surface area contributed by atoms with Crippen LogP contribution in [-0.2, 0) is 16.7 Å². The summed E-state index contributed by atoms with van der Waals surface area (Å²) in [5.41, 5.74) is 2.44. The maximum absolute atomic E-state index is 12.4. The number of hydrogen-bond donors (Lipinski definition) is 1. The fourth-order valence-corrected chi connectivity index (χ4v) is 4.20. The van der Waals surface area contributed by atoms with Crippen LogP contribution in [0.25, 0.3) is 10.9 Å². The van der Waals surface area contributed by atoms with Crippen molar-refractivity contribution >= 4 is 17.0 Å². The summed E-state index contributed by atoms with van der Waals surface area (Å²) in [7, 11) is 1.68. The van der Waals surface area contributed by atoms with E-state index in [0.717, 1.165) is 29.8 Å². The number of amides is 1. The van der Waals surface area contributed by atoms with Crippen molar-refractivity contribution in [2.24, 2.45) is 0 Å². The predicted octanol–water partition coefficient (Wildman–Crippen LogP) is 3.57. The number of nitrogens with zero attached hydrogens (tertiary/aromatic N) is 1. The van der Waals surface area contributed by atoms with Crippen LogP contribution in [0.2, 0.25) is 0 Å². The molecule has 5 nitrogen and oxygen atoms in total. The highest BCUT2D eigenvalue weighted by molar-refractivity contribution is 5.88. The van der Waals surface area contributed by atoms with Gasteiger partial charge in [0.05, 0.1) is 7.11 Å². The largest absolute Gasteiger partial charge is 0.497 e. The SMILES string of the molecule is CC[C@@]1(C)OC(=O)N2CCc3c([nH]c4ccc(OC)cc34)[C@]21C. The van der Waals surface area contributed by atoms with Crippen molar-refractivity contribution < 1.29 is 14.3 Å². The molecule has 2 atom stereocenters. The molecule has 1 aromatic carbocycles. The molecule has 3 heterocycles. The maximum Gasteiger partial charge on any atom is 0.411 e. The molecule has 5 heteroatoms. The van der Waals surface area contributed by atoms with Crippen molar-refractivity contribution in [3.63, 3.8) is 0 Å². The monoisotopic (exact) mass is 314 g/mol. The van der Waals surface area contributed by atoms with Gasteiger partial charge in [0, 0.05) is 23.1 Å². The molecule has 0 unspecified atom stereocenters. The zero-order valence-electron chi connectivity index (χ0n) is 14.0. The maximum atomic E-state index is 12.4. The van der Waals surface area contributed by atoms with E-state index in [1.54, 1.807) is 7.11 Å². The number of ether oxygens (including phenoxy) is 2. The molecular formula is C18H22N2O3. The Balaban J connectivity index is 1.99. The number of rotatable bonds is 2. The van der Waals surface area contributed by atoms with Gasteiger partial charge in [0.15, 0.2) is 0 Å². The second-order valence-corrected chi connectivity index (χ2v) is 6.82. The number of nitrogens with one attached hydrogen (secondary N) is 1. The summed E-state index contributed by atoms with van der Waals surface area (Å²) in [5.74, 6) is 0.851. The summed E-state index contributed by atoms with van der Waals surface area (Å²) in [5, 5.41) is 1.18. The third kappa shape index (κ3) is 1.60. The van der Waals surface area contributed by atoms with Crippen molar-refractivity contribution in [1.29, 1.82) is 0 Å². The molecule has 1 saturated heterocycles. The van der Waals surface area contributed by atoms with Gasteiger partial charge in [0.1, 0.15) is 16.9 Å². The van der Waals surface area contributed by atoms with Crippen LogP contribution in [0.5, 0.6) is 5.75 Å². The van der Waals surface area contributed by atoms with Gasteiger partial charge in [-0.2, -0.15) is 0 Å². The highest BCUT2D eigenvalue weighted by Crippen LogP contribution is 2.52. The Bertz CT molecular complexity index is 812. The molecule has 2 aliphatic heterocycles. The molecule has 0 spiro atoms. The summed E-state index contributed by atoms with van der Waals surface area (Å²) in [4.78, 5) is 17.8. The van der Waals surface area contributed by atoms with Gasteiger partial charge < -0.3 is 14.5 Å². The van der Waals surface area contributed by atoms with Gasteiger partial charge in [-0.1, -0.05) is 6.92 Å². The highest BCUT2D eigenvalue weighted by atomic mass is 16.6. The summed E-state index contributed by atoms with van der Waals surface area (Å²) in [6, 6.07) is 6.07. The highest BCUT2D eigenvalue weighted by Gasteiger charge is 2.62. The molecule has 1 N–H and O–H groups in total. The molecule has 2 aliphatic rings. The summed E-state index contributed by atoms with van der Waals surface area (Å²) < 4.78 is 11.2. The lowest BCUT2D eigenvalue weighted by Gasteiger charge is -2.44. The van der Waals surface area contributed by atoms with E-state index in [9.17, 15) is 4.79 Å². The second-order valence-electron chi connectivity index (χ2n) is 6.82. The van der Waals surface area contributed by atoms with E-state index in [4.69, 9.17) is 9.47 Å². The number of hydrogen-bond acceptors (Lipinski definition) is 3. The van der Waals surface area contributed by atoms with Crippen molar-refractivity contribution in [2.75, 3.05) is 13.7 Å². The first-order valence-electron chi connectivity index (χ1n) is 8.14. The molecule has 23 heavy (non-hydrogen) atoms. The minimum absolute atomic E-state index is 0.210. The van der Waals surface area contributed by atoms with E-state index in [1.165, 1.54) is 10.9 Å². The van der Waals surface area contributed by atoms with Gasteiger partial charge in [0.25, 0.3) is 0 Å². The zero-order valence-corrected chi connectivity index (χ0v) is 14.0. The quantitative estimate of drug-likeness (QED) is 0.922. The van der Waals surface area contributed by atoms with Crippen LogP contribution in [0.15, 0.2) is 18.2 Å².